The second-order valence-electron chi connectivity index (χ2n) is 12.1. The first-order chi connectivity index (χ1) is 21.3. The van der Waals surface area contributed by atoms with E-state index in [1.165, 1.54) is 30.5 Å². The molecule has 3 aromatic carbocycles. The molecule has 1 saturated heterocycles. The van der Waals surface area contributed by atoms with E-state index in [0.717, 1.165) is 47.5 Å². The maximum Gasteiger partial charge on any atom is 0.395 e. The molecule has 0 spiro atoms. The van der Waals surface area contributed by atoms with Gasteiger partial charge in [0.25, 0.3) is 0 Å². The van der Waals surface area contributed by atoms with Gasteiger partial charge < -0.3 is 20.0 Å². The number of anilines is 1. The number of ether oxygens (including phenoxy) is 1. The number of hydrogen-bond donors (Lipinski definition) is 2. The number of carbonyl (C=O) groups is 1. The van der Waals surface area contributed by atoms with E-state index in [1.54, 1.807) is 45.0 Å². The molecule has 0 aliphatic carbocycles. The van der Waals surface area contributed by atoms with Crippen molar-refractivity contribution in [3.63, 3.8) is 0 Å². The Kier molecular flexibility index (Phi) is 10.2. The molecule has 2 heterocycles. The summed E-state index contributed by atoms with van der Waals surface area (Å²) in [6.07, 6.45) is -1.74. The highest BCUT2D eigenvalue weighted by Gasteiger charge is 2.37. The number of nitrogens with one attached hydrogen (secondary N) is 2. The maximum atomic E-state index is 14.0. The molecule has 1 atom stereocenters. The molecule has 1 amide bonds. The van der Waals surface area contributed by atoms with Crippen LogP contribution in [0.3, 0.4) is 0 Å². The molecule has 2 N–H and O–H groups in total. The lowest BCUT2D eigenvalue weighted by molar-refractivity contribution is -0.146. The minimum absolute atomic E-state index is 0.0334. The highest BCUT2D eigenvalue weighted by atomic mass is 19.4. The highest BCUT2D eigenvalue weighted by Crippen LogP contribution is 2.45. The van der Waals surface area contributed by atoms with Crippen LogP contribution in [0.4, 0.5) is 23.2 Å². The molecule has 5 nitrogen and oxygen atoms in total. The molecule has 1 aromatic heterocycles. The fourth-order valence-corrected chi connectivity index (χ4v) is 5.56. The topological polar surface area (TPSA) is 67.1 Å². The quantitative estimate of drug-likeness (QED) is 0.166. The van der Waals surface area contributed by atoms with Gasteiger partial charge in [0.1, 0.15) is 5.82 Å². The minimum atomic E-state index is -4.36. The van der Waals surface area contributed by atoms with E-state index in [2.05, 4.69) is 9.88 Å². The lowest BCUT2D eigenvalue weighted by Crippen LogP contribution is -2.28. The number of nitrogens with zero attached hydrogens (tertiary/aromatic N) is 1. The fraction of sp³-hybridized carbons (Fsp3) is 0.389. The van der Waals surface area contributed by atoms with Crippen LogP contribution in [-0.2, 0) is 9.53 Å². The first-order valence-electron chi connectivity index (χ1n) is 15.3. The molecule has 0 bridgehead atoms. The zero-order valence-electron chi connectivity index (χ0n) is 26.6. The van der Waals surface area contributed by atoms with Crippen LogP contribution in [0.25, 0.3) is 27.7 Å². The molecule has 5 rings (SSSR count). The fourth-order valence-electron chi connectivity index (χ4n) is 5.56. The molecule has 4 aromatic rings. The summed E-state index contributed by atoms with van der Waals surface area (Å²) in [5, 5.41) is 11.9. The third-order valence-electron chi connectivity index (χ3n) is 8.14. The smallest absolute Gasteiger partial charge is 0.381 e. The Hall–Kier alpha value is -3.98. The van der Waals surface area contributed by atoms with Crippen molar-refractivity contribution in [3.8, 4) is 16.8 Å². The van der Waals surface area contributed by atoms with Crippen molar-refractivity contribution in [1.29, 1.82) is 5.41 Å². The maximum absolute atomic E-state index is 14.0. The molecule has 0 radical (unpaired) electrons. The van der Waals surface area contributed by atoms with Crippen LogP contribution in [0, 0.1) is 16.6 Å². The van der Waals surface area contributed by atoms with Crippen molar-refractivity contribution >= 4 is 28.7 Å². The minimum Gasteiger partial charge on any atom is -0.381 e. The van der Waals surface area contributed by atoms with Gasteiger partial charge in [0.2, 0.25) is 5.91 Å². The molecule has 1 aliphatic rings. The number of carbonyl (C=O) groups excluding carboxylic acids is 1. The summed E-state index contributed by atoms with van der Waals surface area (Å²) in [7, 11) is 0. The van der Waals surface area contributed by atoms with Crippen molar-refractivity contribution in [2.75, 3.05) is 18.5 Å². The van der Waals surface area contributed by atoms with Gasteiger partial charge in [-0.05, 0) is 67.3 Å². The lowest BCUT2D eigenvalue weighted by Gasteiger charge is -2.26. The van der Waals surface area contributed by atoms with E-state index in [-0.39, 0.29) is 23.2 Å². The number of aromatic nitrogens is 1. The average molecular weight is 624 g/mol. The summed E-state index contributed by atoms with van der Waals surface area (Å²) in [5.41, 5.74) is 4.35. The van der Waals surface area contributed by atoms with Gasteiger partial charge in [-0.25, -0.2) is 4.39 Å². The standard InChI is InChI=1S/C34H35F4N3O2.C2H6/c1-20(34(36,37)38)21-5-7-22(8-6-21)30-27-18-28(40-32(42)33(2,3)4)24(19-39)17-29(27)41(26-11-9-25(35)10-12-26)31(30)23-13-15-43-16-14-23;1-2/h5-12,17-20,23,39H,13-16H2,1-4H3,(H,40,42);1-2H3. The van der Waals surface area contributed by atoms with Gasteiger partial charge >= 0.3 is 6.18 Å². The first kappa shape index (κ1) is 33.9. The van der Waals surface area contributed by atoms with Crippen LogP contribution in [0.2, 0.25) is 0 Å². The second-order valence-corrected chi connectivity index (χ2v) is 12.1. The first-order valence-corrected chi connectivity index (χ1v) is 15.3. The van der Waals surface area contributed by atoms with Gasteiger partial charge in [0.15, 0.2) is 0 Å². The Morgan fingerprint density at radius 2 is 1.60 bits per heavy atom. The monoisotopic (exact) mass is 623 g/mol. The number of benzene rings is 3. The van der Waals surface area contributed by atoms with E-state index in [1.807, 2.05) is 26.0 Å². The summed E-state index contributed by atoms with van der Waals surface area (Å²) in [5.74, 6) is -2.18. The van der Waals surface area contributed by atoms with E-state index in [0.29, 0.717) is 30.2 Å². The van der Waals surface area contributed by atoms with Crippen molar-refractivity contribution in [3.05, 3.63) is 83.3 Å². The Balaban J connectivity index is 0.00000226. The van der Waals surface area contributed by atoms with Gasteiger partial charge in [-0.3, -0.25) is 4.79 Å². The number of alkyl halides is 3. The zero-order valence-corrected chi connectivity index (χ0v) is 26.6. The van der Waals surface area contributed by atoms with Crippen LogP contribution in [0.15, 0.2) is 60.7 Å². The third-order valence-corrected chi connectivity index (χ3v) is 8.14. The molecular weight excluding hydrogens is 582 g/mol. The lowest BCUT2D eigenvalue weighted by atomic mass is 9.89. The van der Waals surface area contributed by atoms with Crippen molar-refractivity contribution in [1.82, 2.24) is 4.57 Å². The molecule has 240 valence electrons. The number of fused-ring (bicyclic) bond motifs is 1. The normalized spacial score (nSPS) is 14.9. The molecule has 1 unspecified atom stereocenters. The van der Waals surface area contributed by atoms with Gasteiger partial charge in [-0.15, -0.1) is 0 Å². The summed E-state index contributed by atoms with van der Waals surface area (Å²) < 4.78 is 62.3. The molecular formula is C36H41F4N3O2. The molecule has 1 aliphatic heterocycles. The van der Waals surface area contributed by atoms with Crippen LogP contribution >= 0.6 is 0 Å². The summed E-state index contributed by atoms with van der Waals surface area (Å²) >= 11 is 0. The van der Waals surface area contributed by atoms with Gasteiger partial charge in [-0.2, -0.15) is 13.2 Å². The number of amides is 1. The average Bonchev–Trinajstić information content (AvgIpc) is 3.35. The van der Waals surface area contributed by atoms with E-state index in [4.69, 9.17) is 10.1 Å². The Labute approximate surface area is 262 Å². The van der Waals surface area contributed by atoms with Crippen LogP contribution in [0.1, 0.15) is 83.0 Å². The van der Waals surface area contributed by atoms with Crippen molar-refractivity contribution in [2.24, 2.45) is 5.41 Å². The van der Waals surface area contributed by atoms with Crippen LogP contribution < -0.4 is 5.32 Å². The summed E-state index contributed by atoms with van der Waals surface area (Å²) in [6.45, 7) is 11.6. The predicted octanol–water partition coefficient (Wildman–Crippen LogP) is 10.0. The van der Waals surface area contributed by atoms with E-state index in [9.17, 15) is 22.4 Å². The molecule has 9 heteroatoms. The second kappa shape index (κ2) is 13.6. The molecule has 0 saturated carbocycles. The van der Waals surface area contributed by atoms with Crippen LogP contribution in [-0.4, -0.2) is 36.1 Å². The van der Waals surface area contributed by atoms with Crippen LogP contribution in [0.5, 0.6) is 0 Å². The van der Waals surface area contributed by atoms with Gasteiger partial charge in [0, 0.05) is 58.7 Å². The Bertz CT molecular complexity index is 1640. The zero-order chi connectivity index (χ0) is 33.1. The SMILES string of the molecule is CC.CC(c1ccc(-c2c(C3CCOCC3)n(-c3ccc(F)cc3)c3cc(C=N)c(NC(=O)C(C)(C)C)cc23)cc1)C(F)(F)F. The summed E-state index contributed by atoms with van der Waals surface area (Å²) in [4.78, 5) is 13.0. The predicted molar refractivity (Wildman–Crippen MR) is 173 cm³/mol. The summed E-state index contributed by atoms with van der Waals surface area (Å²) in [6, 6.07) is 16.3. The van der Waals surface area contributed by atoms with E-state index < -0.39 is 17.5 Å². The van der Waals surface area contributed by atoms with Gasteiger partial charge in [-0.1, -0.05) is 58.9 Å². The largest absolute Gasteiger partial charge is 0.395 e. The third kappa shape index (κ3) is 7.14. The molecule has 1 fully saturated rings. The molecule has 45 heavy (non-hydrogen) atoms. The Morgan fingerprint density at radius 3 is 2.13 bits per heavy atom. The number of halogens is 4. The number of rotatable bonds is 6. The Morgan fingerprint density at radius 1 is 1.00 bits per heavy atom. The van der Waals surface area contributed by atoms with E-state index >= 15 is 0 Å². The van der Waals surface area contributed by atoms with Gasteiger partial charge in [0.05, 0.1) is 17.1 Å². The number of hydrogen-bond acceptors (Lipinski definition) is 3. The highest BCUT2D eigenvalue weighted by molar-refractivity contribution is 6.08. The van der Waals surface area contributed by atoms with Crippen molar-refractivity contribution < 1.29 is 27.1 Å². The van der Waals surface area contributed by atoms with Crippen molar-refractivity contribution in [2.45, 2.75) is 72.4 Å².